The van der Waals surface area contributed by atoms with Crippen LogP contribution >= 0.6 is 0 Å². The van der Waals surface area contributed by atoms with Gasteiger partial charge in [0.2, 0.25) is 5.96 Å². The average Bonchev–Trinajstić information content (AvgIpc) is 2.28. The summed E-state index contributed by atoms with van der Waals surface area (Å²) in [7, 11) is 0. The Morgan fingerprint density at radius 2 is 1.95 bits per heavy atom. The Balaban J connectivity index is 3.06. The van der Waals surface area contributed by atoms with Crippen LogP contribution < -0.4 is 16.6 Å². The number of aryl methyl sites for hydroxylation is 1. The van der Waals surface area contributed by atoms with Crippen LogP contribution in [0.15, 0.2) is 23.2 Å². The molecule has 0 unspecified atom stereocenters. The van der Waals surface area contributed by atoms with Crippen molar-refractivity contribution in [2.24, 2.45) is 10.8 Å². The minimum Gasteiger partial charge on any atom is -0.325 e. The molecule has 0 radical (unpaired) electrons. The van der Waals surface area contributed by atoms with Gasteiger partial charge in [-0.3, -0.25) is 5.43 Å². The highest BCUT2D eigenvalue weighted by Crippen LogP contribution is 2.31. The highest BCUT2D eigenvalue weighted by atomic mass is 19.4. The number of hydrogen-bond acceptors (Lipinski definition) is 2. The fraction of sp³-hybridized carbons (Fsp3) is 0.417. The van der Waals surface area contributed by atoms with E-state index < -0.39 is 11.7 Å². The van der Waals surface area contributed by atoms with E-state index in [1.54, 1.807) is 6.92 Å². The third-order valence-electron chi connectivity index (χ3n) is 2.34. The molecule has 7 heteroatoms. The SMILES string of the molecule is Cc1ccc(C(F)(F)F)cc1NC(=NC(C)C)NN. The predicted octanol–water partition coefficient (Wildman–Crippen LogP) is 2.65. The van der Waals surface area contributed by atoms with Crippen LogP contribution in [0.5, 0.6) is 0 Å². The van der Waals surface area contributed by atoms with Gasteiger partial charge in [0.05, 0.1) is 5.56 Å². The summed E-state index contributed by atoms with van der Waals surface area (Å²) >= 11 is 0. The first kappa shape index (κ1) is 15.3. The quantitative estimate of drug-likeness (QED) is 0.336. The molecule has 0 saturated carbocycles. The van der Waals surface area contributed by atoms with Crippen molar-refractivity contribution in [2.75, 3.05) is 5.32 Å². The first-order valence-corrected chi connectivity index (χ1v) is 5.73. The zero-order valence-electron chi connectivity index (χ0n) is 11.0. The lowest BCUT2D eigenvalue weighted by atomic mass is 10.1. The Hall–Kier alpha value is -1.76. The van der Waals surface area contributed by atoms with Gasteiger partial charge in [0.1, 0.15) is 0 Å². The van der Waals surface area contributed by atoms with E-state index in [4.69, 9.17) is 5.84 Å². The van der Waals surface area contributed by atoms with Crippen molar-refractivity contribution < 1.29 is 13.2 Å². The molecular weight excluding hydrogens is 257 g/mol. The number of hydrazine groups is 1. The largest absolute Gasteiger partial charge is 0.416 e. The van der Waals surface area contributed by atoms with Crippen molar-refractivity contribution >= 4 is 11.6 Å². The molecule has 0 aliphatic heterocycles. The lowest BCUT2D eigenvalue weighted by Crippen LogP contribution is -2.37. The number of halogens is 3. The van der Waals surface area contributed by atoms with Gasteiger partial charge in [-0.15, -0.1) is 0 Å². The Bertz CT molecular complexity index is 467. The minimum absolute atomic E-state index is 0.0374. The second kappa shape index (κ2) is 5.92. The molecule has 0 fully saturated rings. The average molecular weight is 274 g/mol. The maximum atomic E-state index is 12.6. The number of nitrogens with one attached hydrogen (secondary N) is 2. The number of aliphatic imine (C=N–C) groups is 1. The van der Waals surface area contributed by atoms with Gasteiger partial charge in [0.15, 0.2) is 0 Å². The number of benzene rings is 1. The molecule has 0 heterocycles. The summed E-state index contributed by atoms with van der Waals surface area (Å²) in [5.41, 5.74) is 2.58. The number of nitrogens with zero attached hydrogens (tertiary/aromatic N) is 1. The summed E-state index contributed by atoms with van der Waals surface area (Å²) < 4.78 is 37.9. The Kier molecular flexibility index (Phi) is 4.77. The molecule has 4 N–H and O–H groups in total. The fourth-order valence-corrected chi connectivity index (χ4v) is 1.42. The standard InChI is InChI=1S/C12H17F3N4/c1-7(2)17-11(19-16)18-10-6-9(12(13,14)15)5-4-8(10)3/h4-7H,16H2,1-3H3,(H2,17,18,19). The summed E-state index contributed by atoms with van der Waals surface area (Å²) in [5.74, 6) is 5.50. The number of nitrogens with two attached hydrogens (primary N) is 1. The van der Waals surface area contributed by atoms with Gasteiger partial charge in [-0.2, -0.15) is 13.2 Å². The van der Waals surface area contributed by atoms with E-state index in [9.17, 15) is 13.2 Å². The Morgan fingerprint density at radius 1 is 1.32 bits per heavy atom. The van der Waals surface area contributed by atoms with Crippen LogP contribution in [0.1, 0.15) is 25.0 Å². The minimum atomic E-state index is -4.38. The van der Waals surface area contributed by atoms with E-state index in [-0.39, 0.29) is 12.0 Å². The Morgan fingerprint density at radius 3 is 2.42 bits per heavy atom. The molecule has 0 aliphatic carbocycles. The van der Waals surface area contributed by atoms with Gasteiger partial charge in [0, 0.05) is 11.7 Å². The van der Waals surface area contributed by atoms with Crippen molar-refractivity contribution in [3.05, 3.63) is 29.3 Å². The zero-order chi connectivity index (χ0) is 14.6. The van der Waals surface area contributed by atoms with Crippen LogP contribution in [0.25, 0.3) is 0 Å². The first-order chi connectivity index (χ1) is 8.74. The fourth-order valence-electron chi connectivity index (χ4n) is 1.42. The second-order valence-corrected chi connectivity index (χ2v) is 4.37. The lowest BCUT2D eigenvalue weighted by Gasteiger charge is -2.15. The molecule has 0 saturated heterocycles. The molecule has 1 rings (SSSR count). The summed E-state index contributed by atoms with van der Waals surface area (Å²) in [4.78, 5) is 4.11. The molecule has 19 heavy (non-hydrogen) atoms. The summed E-state index contributed by atoms with van der Waals surface area (Å²) in [6.45, 7) is 5.36. The smallest absolute Gasteiger partial charge is 0.325 e. The Labute approximate surface area is 109 Å². The van der Waals surface area contributed by atoms with Gasteiger partial charge >= 0.3 is 6.18 Å². The van der Waals surface area contributed by atoms with Crippen molar-refractivity contribution in [2.45, 2.75) is 33.0 Å². The van der Waals surface area contributed by atoms with Gasteiger partial charge < -0.3 is 5.32 Å². The zero-order valence-corrected chi connectivity index (χ0v) is 11.0. The van der Waals surface area contributed by atoms with E-state index in [0.717, 1.165) is 12.1 Å². The monoisotopic (exact) mass is 274 g/mol. The van der Waals surface area contributed by atoms with Crippen LogP contribution in [0.2, 0.25) is 0 Å². The maximum absolute atomic E-state index is 12.6. The van der Waals surface area contributed by atoms with Crippen molar-refractivity contribution in [3.8, 4) is 0 Å². The maximum Gasteiger partial charge on any atom is 0.416 e. The number of hydrogen-bond donors (Lipinski definition) is 3. The topological polar surface area (TPSA) is 62.4 Å². The molecule has 0 atom stereocenters. The van der Waals surface area contributed by atoms with Gasteiger partial charge in [0.25, 0.3) is 0 Å². The predicted molar refractivity (Wildman–Crippen MR) is 69.7 cm³/mol. The van der Waals surface area contributed by atoms with Crippen molar-refractivity contribution in [1.82, 2.24) is 5.43 Å². The van der Waals surface area contributed by atoms with Crippen molar-refractivity contribution in [1.29, 1.82) is 0 Å². The highest BCUT2D eigenvalue weighted by molar-refractivity contribution is 5.94. The molecule has 0 bridgehead atoms. The molecule has 4 nitrogen and oxygen atoms in total. The lowest BCUT2D eigenvalue weighted by molar-refractivity contribution is -0.137. The summed E-state index contributed by atoms with van der Waals surface area (Å²) in [6, 6.07) is 3.43. The number of alkyl halides is 3. The first-order valence-electron chi connectivity index (χ1n) is 5.73. The second-order valence-electron chi connectivity index (χ2n) is 4.37. The van der Waals surface area contributed by atoms with Crippen LogP contribution in [0.4, 0.5) is 18.9 Å². The molecule has 0 amide bonds. The number of rotatable bonds is 2. The summed E-state index contributed by atoms with van der Waals surface area (Å²) in [5, 5.41) is 2.75. The molecule has 106 valence electrons. The van der Waals surface area contributed by atoms with Gasteiger partial charge in [-0.1, -0.05) is 6.07 Å². The van der Waals surface area contributed by atoms with Crippen LogP contribution in [0, 0.1) is 6.92 Å². The molecule has 1 aromatic carbocycles. The van der Waals surface area contributed by atoms with Crippen molar-refractivity contribution in [3.63, 3.8) is 0 Å². The molecule has 0 aromatic heterocycles. The van der Waals surface area contributed by atoms with E-state index in [2.05, 4.69) is 15.7 Å². The van der Waals surface area contributed by atoms with Crippen LogP contribution in [-0.4, -0.2) is 12.0 Å². The number of guanidine groups is 1. The van der Waals surface area contributed by atoms with Crippen LogP contribution in [0.3, 0.4) is 0 Å². The van der Waals surface area contributed by atoms with Gasteiger partial charge in [-0.05, 0) is 38.5 Å². The van der Waals surface area contributed by atoms with E-state index in [1.165, 1.54) is 6.07 Å². The van der Waals surface area contributed by atoms with E-state index >= 15 is 0 Å². The van der Waals surface area contributed by atoms with Gasteiger partial charge in [-0.25, -0.2) is 10.8 Å². The van der Waals surface area contributed by atoms with E-state index in [1.807, 2.05) is 13.8 Å². The number of anilines is 1. The highest BCUT2D eigenvalue weighted by Gasteiger charge is 2.30. The molecule has 0 aliphatic rings. The molecule has 0 spiro atoms. The molecular formula is C12H17F3N4. The summed E-state index contributed by atoms with van der Waals surface area (Å²) in [6.07, 6.45) is -4.38. The third-order valence-corrected chi connectivity index (χ3v) is 2.34. The normalized spacial score (nSPS) is 12.7. The van der Waals surface area contributed by atoms with E-state index in [0.29, 0.717) is 11.3 Å². The van der Waals surface area contributed by atoms with Crippen LogP contribution in [-0.2, 0) is 6.18 Å². The third kappa shape index (κ3) is 4.44. The molecule has 1 aromatic rings.